The quantitative estimate of drug-likeness (QED) is 0.682. The molecular weight excluding hydrogens is 293 g/mol. The summed E-state index contributed by atoms with van der Waals surface area (Å²) < 4.78 is 19.4. The molecule has 0 aliphatic heterocycles. The van der Waals surface area contributed by atoms with Gasteiger partial charge >= 0.3 is 0 Å². The number of ether oxygens (including phenoxy) is 1. The van der Waals surface area contributed by atoms with Crippen LogP contribution in [0, 0.1) is 5.82 Å². The van der Waals surface area contributed by atoms with E-state index in [1.807, 2.05) is 12.1 Å². The van der Waals surface area contributed by atoms with Gasteiger partial charge in [-0.15, -0.1) is 0 Å². The first-order valence-corrected chi connectivity index (χ1v) is 6.97. The van der Waals surface area contributed by atoms with Gasteiger partial charge in [0.15, 0.2) is 0 Å². The van der Waals surface area contributed by atoms with Crippen LogP contribution >= 0.6 is 11.6 Å². The van der Waals surface area contributed by atoms with Crippen LogP contribution in [-0.2, 0) is 13.0 Å². The average Bonchev–Trinajstić information content (AvgIpc) is 2.91. The van der Waals surface area contributed by atoms with Gasteiger partial charge in [-0.3, -0.25) is 0 Å². The van der Waals surface area contributed by atoms with E-state index >= 15 is 0 Å². The van der Waals surface area contributed by atoms with Crippen LogP contribution in [0.4, 0.5) is 4.39 Å². The zero-order valence-electron chi connectivity index (χ0n) is 11.1. The molecule has 2 aromatic carbocycles. The Labute approximate surface area is 126 Å². The summed E-state index contributed by atoms with van der Waals surface area (Å²) in [5.41, 5.74) is 3.13. The minimum Gasteiger partial charge on any atom is -0.489 e. The minimum atomic E-state index is -0.449. The second-order valence-electron chi connectivity index (χ2n) is 4.87. The molecule has 2 aromatic rings. The van der Waals surface area contributed by atoms with E-state index in [2.05, 4.69) is 5.16 Å². The van der Waals surface area contributed by atoms with Crippen molar-refractivity contribution in [3.63, 3.8) is 0 Å². The van der Waals surface area contributed by atoms with Gasteiger partial charge in [-0.25, -0.2) is 4.39 Å². The van der Waals surface area contributed by atoms with Crippen molar-refractivity contribution in [2.75, 3.05) is 0 Å². The number of fused-ring (bicyclic) bond motifs is 1. The molecule has 1 aliphatic rings. The highest BCUT2D eigenvalue weighted by atomic mass is 35.5. The van der Waals surface area contributed by atoms with Crippen molar-refractivity contribution >= 4 is 17.3 Å². The summed E-state index contributed by atoms with van der Waals surface area (Å²) in [4.78, 5) is 0. The number of rotatable bonds is 3. The topological polar surface area (TPSA) is 41.8 Å². The molecule has 108 valence electrons. The van der Waals surface area contributed by atoms with Crippen LogP contribution < -0.4 is 4.74 Å². The Morgan fingerprint density at radius 2 is 2.10 bits per heavy atom. The van der Waals surface area contributed by atoms with Crippen molar-refractivity contribution in [3.05, 3.63) is 63.9 Å². The highest BCUT2D eigenvalue weighted by Gasteiger charge is 2.18. The lowest BCUT2D eigenvalue weighted by molar-refractivity contribution is 0.299. The molecule has 5 heteroatoms. The largest absolute Gasteiger partial charge is 0.489 e. The summed E-state index contributed by atoms with van der Waals surface area (Å²) in [6.07, 6.45) is 1.54. The Morgan fingerprint density at radius 3 is 2.90 bits per heavy atom. The molecule has 3 rings (SSSR count). The molecule has 0 fully saturated rings. The summed E-state index contributed by atoms with van der Waals surface area (Å²) in [6.45, 7) is 0.117. The molecule has 0 atom stereocenters. The van der Waals surface area contributed by atoms with E-state index in [0.29, 0.717) is 17.0 Å². The van der Waals surface area contributed by atoms with Gasteiger partial charge in [0.2, 0.25) is 0 Å². The lowest BCUT2D eigenvalue weighted by Crippen LogP contribution is -2.00. The fourth-order valence-electron chi connectivity index (χ4n) is 2.46. The van der Waals surface area contributed by atoms with E-state index in [1.54, 1.807) is 18.2 Å². The van der Waals surface area contributed by atoms with Crippen LogP contribution in [0.15, 0.2) is 41.6 Å². The number of halogens is 2. The molecule has 0 radical (unpaired) electrons. The molecule has 3 nitrogen and oxygen atoms in total. The maximum absolute atomic E-state index is 13.8. The maximum atomic E-state index is 13.8. The standard InChI is InChI=1S/C16H13ClFNO2/c17-14-3-1-2-11(16(14)18)9-21-12-5-6-13-10(8-12)4-7-15(13)19-20/h1-3,5-6,8,20H,4,7,9H2/b19-15-. The van der Waals surface area contributed by atoms with Crippen LogP contribution in [0.3, 0.4) is 0 Å². The molecule has 1 N–H and O–H groups in total. The first-order valence-electron chi connectivity index (χ1n) is 6.59. The van der Waals surface area contributed by atoms with E-state index in [4.69, 9.17) is 21.5 Å². The van der Waals surface area contributed by atoms with Gasteiger partial charge in [0.05, 0.1) is 10.7 Å². The molecule has 0 amide bonds. The normalized spacial score (nSPS) is 15.2. The Balaban J connectivity index is 1.76. The first kappa shape index (κ1) is 13.9. The van der Waals surface area contributed by atoms with Crippen molar-refractivity contribution in [1.82, 2.24) is 0 Å². The highest BCUT2D eigenvalue weighted by Crippen LogP contribution is 2.27. The SMILES string of the molecule is O/N=C1/CCc2cc(OCc3cccc(Cl)c3F)ccc21. The van der Waals surface area contributed by atoms with Crippen LogP contribution in [0.1, 0.15) is 23.1 Å². The minimum absolute atomic E-state index is 0.0915. The van der Waals surface area contributed by atoms with E-state index in [-0.39, 0.29) is 11.6 Å². The summed E-state index contributed by atoms with van der Waals surface area (Å²) >= 11 is 5.74. The van der Waals surface area contributed by atoms with Crippen molar-refractivity contribution in [2.24, 2.45) is 5.16 Å². The van der Waals surface area contributed by atoms with E-state index in [1.165, 1.54) is 6.07 Å². The molecule has 0 spiro atoms. The molecule has 0 saturated carbocycles. The summed E-state index contributed by atoms with van der Waals surface area (Å²) in [5, 5.41) is 12.3. The molecular formula is C16H13ClFNO2. The molecule has 21 heavy (non-hydrogen) atoms. The maximum Gasteiger partial charge on any atom is 0.148 e. The van der Waals surface area contributed by atoms with Crippen molar-refractivity contribution in [2.45, 2.75) is 19.4 Å². The van der Waals surface area contributed by atoms with Gasteiger partial charge in [0, 0.05) is 11.1 Å². The van der Waals surface area contributed by atoms with Gasteiger partial charge in [-0.05, 0) is 42.7 Å². The lowest BCUT2D eigenvalue weighted by atomic mass is 10.1. The fraction of sp³-hybridized carbons (Fsp3) is 0.188. The third-order valence-corrected chi connectivity index (χ3v) is 3.86. The zero-order valence-corrected chi connectivity index (χ0v) is 11.9. The predicted octanol–water partition coefficient (Wildman–Crippen LogP) is 4.18. The Morgan fingerprint density at radius 1 is 1.24 bits per heavy atom. The second-order valence-corrected chi connectivity index (χ2v) is 5.27. The summed E-state index contributed by atoms with van der Waals surface area (Å²) in [5.74, 6) is 0.211. The van der Waals surface area contributed by atoms with Crippen molar-refractivity contribution < 1.29 is 14.3 Å². The first-order chi connectivity index (χ1) is 10.2. The Hall–Kier alpha value is -2.07. The Kier molecular flexibility index (Phi) is 3.80. The lowest BCUT2D eigenvalue weighted by Gasteiger charge is -2.09. The van der Waals surface area contributed by atoms with Crippen LogP contribution in [0.25, 0.3) is 0 Å². The van der Waals surface area contributed by atoms with Gasteiger partial charge < -0.3 is 9.94 Å². The number of oxime groups is 1. The highest BCUT2D eigenvalue weighted by molar-refractivity contribution is 6.30. The van der Waals surface area contributed by atoms with Crippen molar-refractivity contribution in [1.29, 1.82) is 0 Å². The fourth-order valence-corrected chi connectivity index (χ4v) is 2.65. The number of nitrogens with zero attached hydrogens (tertiary/aromatic N) is 1. The Bertz CT molecular complexity index is 715. The van der Waals surface area contributed by atoms with Crippen LogP contribution in [-0.4, -0.2) is 10.9 Å². The molecule has 0 unspecified atom stereocenters. The summed E-state index contributed by atoms with van der Waals surface area (Å²) in [6, 6.07) is 10.4. The van der Waals surface area contributed by atoms with E-state index in [9.17, 15) is 4.39 Å². The second kappa shape index (κ2) is 5.74. The van der Waals surface area contributed by atoms with Gasteiger partial charge in [0.25, 0.3) is 0 Å². The number of aryl methyl sites for hydroxylation is 1. The van der Waals surface area contributed by atoms with Crippen molar-refractivity contribution in [3.8, 4) is 5.75 Å². The van der Waals surface area contributed by atoms with E-state index in [0.717, 1.165) is 24.0 Å². The molecule has 0 saturated heterocycles. The zero-order chi connectivity index (χ0) is 14.8. The smallest absolute Gasteiger partial charge is 0.148 e. The third kappa shape index (κ3) is 2.72. The monoisotopic (exact) mass is 305 g/mol. The van der Waals surface area contributed by atoms with Crippen LogP contribution in [0.5, 0.6) is 5.75 Å². The van der Waals surface area contributed by atoms with E-state index < -0.39 is 5.82 Å². The third-order valence-electron chi connectivity index (χ3n) is 3.57. The molecule has 0 aromatic heterocycles. The molecule has 0 bridgehead atoms. The van der Waals surface area contributed by atoms with Gasteiger partial charge in [-0.1, -0.05) is 28.9 Å². The van der Waals surface area contributed by atoms with Gasteiger partial charge in [0.1, 0.15) is 18.2 Å². The van der Waals surface area contributed by atoms with Crippen LogP contribution in [0.2, 0.25) is 5.02 Å². The number of hydrogen-bond acceptors (Lipinski definition) is 3. The number of hydrogen-bond donors (Lipinski definition) is 1. The average molecular weight is 306 g/mol. The summed E-state index contributed by atoms with van der Waals surface area (Å²) in [7, 11) is 0. The molecule has 1 aliphatic carbocycles. The molecule has 0 heterocycles. The van der Waals surface area contributed by atoms with Gasteiger partial charge in [-0.2, -0.15) is 0 Å². The predicted molar refractivity (Wildman–Crippen MR) is 78.8 cm³/mol. The number of benzene rings is 2.